The number of nitrogens with zero attached hydrogens (tertiary/aromatic N) is 1. The van der Waals surface area contributed by atoms with Crippen molar-refractivity contribution in [1.82, 2.24) is 15.5 Å². The molecular weight excluding hydrogens is 238 g/mol. The summed E-state index contributed by atoms with van der Waals surface area (Å²) in [5.41, 5.74) is 2.69. The molecule has 0 aliphatic carbocycles. The van der Waals surface area contributed by atoms with E-state index in [0.29, 0.717) is 19.1 Å². The van der Waals surface area contributed by atoms with Crippen molar-refractivity contribution < 1.29 is 4.79 Å². The lowest BCUT2D eigenvalue weighted by Gasteiger charge is -2.27. The Balaban J connectivity index is 2.12. The van der Waals surface area contributed by atoms with E-state index in [4.69, 9.17) is 0 Å². The first-order valence-electron chi connectivity index (χ1n) is 6.97. The van der Waals surface area contributed by atoms with Gasteiger partial charge in [-0.15, -0.1) is 0 Å². The van der Waals surface area contributed by atoms with Gasteiger partial charge in [-0.1, -0.05) is 24.3 Å². The minimum atomic E-state index is 0.0969. The molecule has 0 bridgehead atoms. The second-order valence-corrected chi connectivity index (χ2v) is 5.05. The Morgan fingerprint density at radius 3 is 3.05 bits per heavy atom. The third-order valence-corrected chi connectivity index (χ3v) is 3.62. The summed E-state index contributed by atoms with van der Waals surface area (Å²) < 4.78 is 0. The van der Waals surface area contributed by atoms with Crippen LogP contribution in [0.5, 0.6) is 0 Å². The van der Waals surface area contributed by atoms with E-state index in [-0.39, 0.29) is 5.91 Å². The number of likely N-dealkylation sites (N-methyl/N-ethyl adjacent to an activating group) is 2. The zero-order valence-corrected chi connectivity index (χ0v) is 11.8. The molecule has 0 fully saturated rings. The lowest BCUT2D eigenvalue weighted by Crippen LogP contribution is -2.37. The summed E-state index contributed by atoms with van der Waals surface area (Å²) in [6.45, 7) is 4.99. The number of benzene rings is 1. The predicted molar refractivity (Wildman–Crippen MR) is 76.8 cm³/mol. The molecule has 1 unspecified atom stereocenters. The fourth-order valence-corrected chi connectivity index (χ4v) is 2.69. The van der Waals surface area contributed by atoms with Gasteiger partial charge < -0.3 is 10.6 Å². The molecule has 1 aromatic rings. The molecule has 1 amide bonds. The third kappa shape index (κ3) is 3.55. The van der Waals surface area contributed by atoms with Crippen LogP contribution in [0.4, 0.5) is 0 Å². The summed E-state index contributed by atoms with van der Waals surface area (Å²) in [7, 11) is 2.03. The van der Waals surface area contributed by atoms with Gasteiger partial charge in [0, 0.05) is 19.1 Å². The number of rotatable bonds is 4. The lowest BCUT2D eigenvalue weighted by molar-refractivity contribution is -0.122. The maximum absolute atomic E-state index is 11.7. The van der Waals surface area contributed by atoms with Gasteiger partial charge in [0.15, 0.2) is 0 Å². The molecule has 19 heavy (non-hydrogen) atoms. The SMILES string of the molecule is CCNC(=O)CN(C)C1CCNCc2ccccc21. The van der Waals surface area contributed by atoms with Gasteiger partial charge in [-0.3, -0.25) is 9.69 Å². The Hall–Kier alpha value is -1.39. The quantitative estimate of drug-likeness (QED) is 0.858. The topological polar surface area (TPSA) is 44.4 Å². The number of carbonyl (C=O) groups is 1. The molecule has 1 heterocycles. The van der Waals surface area contributed by atoms with Gasteiger partial charge in [0.2, 0.25) is 5.91 Å². The van der Waals surface area contributed by atoms with Crippen molar-refractivity contribution in [2.75, 3.05) is 26.7 Å². The van der Waals surface area contributed by atoms with Gasteiger partial charge in [-0.05, 0) is 38.1 Å². The molecular formula is C15H23N3O. The second-order valence-electron chi connectivity index (χ2n) is 5.05. The molecule has 1 aliphatic rings. The second kappa shape index (κ2) is 6.68. The summed E-state index contributed by atoms with van der Waals surface area (Å²) in [6, 6.07) is 8.82. The highest BCUT2D eigenvalue weighted by Gasteiger charge is 2.22. The molecule has 2 N–H and O–H groups in total. The Kier molecular flexibility index (Phi) is 4.93. The van der Waals surface area contributed by atoms with Gasteiger partial charge in [0.05, 0.1) is 6.54 Å². The van der Waals surface area contributed by atoms with Gasteiger partial charge in [-0.2, -0.15) is 0 Å². The van der Waals surface area contributed by atoms with E-state index in [1.807, 2.05) is 14.0 Å². The maximum Gasteiger partial charge on any atom is 0.234 e. The number of nitrogens with one attached hydrogen (secondary N) is 2. The van der Waals surface area contributed by atoms with Crippen LogP contribution in [0.25, 0.3) is 0 Å². The van der Waals surface area contributed by atoms with Crippen LogP contribution in [0, 0.1) is 0 Å². The first kappa shape index (κ1) is 14.0. The highest BCUT2D eigenvalue weighted by atomic mass is 16.2. The molecule has 0 saturated heterocycles. The molecule has 1 aliphatic heterocycles. The highest BCUT2D eigenvalue weighted by molar-refractivity contribution is 5.77. The maximum atomic E-state index is 11.7. The smallest absolute Gasteiger partial charge is 0.234 e. The van der Waals surface area contributed by atoms with E-state index >= 15 is 0 Å². The van der Waals surface area contributed by atoms with Gasteiger partial charge in [0.25, 0.3) is 0 Å². The Morgan fingerprint density at radius 2 is 2.26 bits per heavy atom. The van der Waals surface area contributed by atoms with Crippen LogP contribution < -0.4 is 10.6 Å². The molecule has 4 nitrogen and oxygen atoms in total. The Bertz CT molecular complexity index is 433. The van der Waals surface area contributed by atoms with E-state index in [0.717, 1.165) is 19.5 Å². The zero-order chi connectivity index (χ0) is 13.7. The van der Waals surface area contributed by atoms with E-state index in [2.05, 4.69) is 39.8 Å². The zero-order valence-electron chi connectivity index (χ0n) is 11.8. The summed E-state index contributed by atoms with van der Waals surface area (Å²) in [4.78, 5) is 13.9. The van der Waals surface area contributed by atoms with Crippen molar-refractivity contribution in [2.24, 2.45) is 0 Å². The molecule has 1 aromatic carbocycles. The lowest BCUT2D eigenvalue weighted by atomic mass is 9.98. The Morgan fingerprint density at radius 1 is 1.47 bits per heavy atom. The van der Waals surface area contributed by atoms with Crippen LogP contribution in [0.15, 0.2) is 24.3 Å². The number of amides is 1. The average Bonchev–Trinajstić information content (AvgIpc) is 2.61. The van der Waals surface area contributed by atoms with Crippen LogP contribution in [0.3, 0.4) is 0 Å². The Labute approximate surface area is 115 Å². The fourth-order valence-electron chi connectivity index (χ4n) is 2.69. The molecule has 1 atom stereocenters. The van der Waals surface area contributed by atoms with Crippen LogP contribution in [-0.4, -0.2) is 37.5 Å². The highest BCUT2D eigenvalue weighted by Crippen LogP contribution is 2.27. The van der Waals surface area contributed by atoms with Gasteiger partial charge in [-0.25, -0.2) is 0 Å². The molecule has 4 heteroatoms. The molecule has 0 spiro atoms. The minimum Gasteiger partial charge on any atom is -0.355 e. The van der Waals surface area contributed by atoms with Crippen molar-refractivity contribution in [3.63, 3.8) is 0 Å². The van der Waals surface area contributed by atoms with Crippen molar-refractivity contribution in [1.29, 1.82) is 0 Å². The van der Waals surface area contributed by atoms with Crippen molar-refractivity contribution in [3.8, 4) is 0 Å². The van der Waals surface area contributed by atoms with Crippen LogP contribution >= 0.6 is 0 Å². The standard InChI is InChI=1S/C15H23N3O/c1-3-17-15(19)11-18(2)14-8-9-16-10-12-6-4-5-7-13(12)14/h4-7,14,16H,3,8-11H2,1-2H3,(H,17,19). The summed E-state index contributed by atoms with van der Waals surface area (Å²) in [6.07, 6.45) is 1.03. The van der Waals surface area contributed by atoms with E-state index in [9.17, 15) is 4.79 Å². The molecule has 0 radical (unpaired) electrons. The summed E-state index contributed by atoms with van der Waals surface area (Å²) >= 11 is 0. The fraction of sp³-hybridized carbons (Fsp3) is 0.533. The van der Waals surface area contributed by atoms with Crippen molar-refractivity contribution >= 4 is 5.91 Å². The molecule has 2 rings (SSSR count). The first-order valence-corrected chi connectivity index (χ1v) is 6.97. The third-order valence-electron chi connectivity index (χ3n) is 3.62. The largest absolute Gasteiger partial charge is 0.355 e. The number of hydrogen-bond donors (Lipinski definition) is 2. The normalized spacial score (nSPS) is 18.8. The van der Waals surface area contributed by atoms with E-state index in [1.54, 1.807) is 0 Å². The van der Waals surface area contributed by atoms with E-state index < -0.39 is 0 Å². The van der Waals surface area contributed by atoms with Gasteiger partial charge >= 0.3 is 0 Å². The van der Waals surface area contributed by atoms with Crippen molar-refractivity contribution in [2.45, 2.75) is 25.9 Å². The monoisotopic (exact) mass is 261 g/mol. The van der Waals surface area contributed by atoms with Crippen molar-refractivity contribution in [3.05, 3.63) is 35.4 Å². The van der Waals surface area contributed by atoms with Crippen LogP contribution in [-0.2, 0) is 11.3 Å². The number of hydrogen-bond acceptors (Lipinski definition) is 3. The van der Waals surface area contributed by atoms with Crippen LogP contribution in [0.2, 0.25) is 0 Å². The predicted octanol–water partition coefficient (Wildman–Crippen LogP) is 1.29. The summed E-state index contributed by atoms with van der Waals surface area (Å²) in [5.74, 6) is 0.0969. The molecule has 0 aromatic heterocycles. The molecule has 104 valence electrons. The summed E-state index contributed by atoms with van der Waals surface area (Å²) in [5, 5.41) is 6.30. The van der Waals surface area contributed by atoms with E-state index in [1.165, 1.54) is 11.1 Å². The number of fused-ring (bicyclic) bond motifs is 1. The first-order chi connectivity index (χ1) is 9.22. The number of carbonyl (C=O) groups excluding carboxylic acids is 1. The average molecular weight is 261 g/mol. The molecule has 0 saturated carbocycles. The van der Waals surface area contributed by atoms with Gasteiger partial charge in [0.1, 0.15) is 0 Å². The van der Waals surface area contributed by atoms with Crippen LogP contribution in [0.1, 0.15) is 30.5 Å². The minimum absolute atomic E-state index is 0.0969.